The van der Waals surface area contributed by atoms with Crippen molar-refractivity contribution in [2.75, 3.05) is 6.61 Å². The van der Waals surface area contributed by atoms with Crippen LogP contribution in [0.25, 0.3) is 0 Å². The number of hydrogen-bond acceptors (Lipinski definition) is 3. The van der Waals surface area contributed by atoms with E-state index in [2.05, 4.69) is 15.9 Å². The Balaban J connectivity index is 1.98. The van der Waals surface area contributed by atoms with E-state index in [0.717, 1.165) is 4.47 Å². The summed E-state index contributed by atoms with van der Waals surface area (Å²) in [6.45, 7) is 0.160. The number of hydrogen-bond donors (Lipinski definition) is 2. The summed E-state index contributed by atoms with van der Waals surface area (Å²) in [6.07, 6.45) is -0.724. The van der Waals surface area contributed by atoms with E-state index in [1.165, 1.54) is 12.1 Å². The fraction of sp³-hybridized carbons (Fsp3) is 0.143. The van der Waals surface area contributed by atoms with E-state index in [0.29, 0.717) is 11.3 Å². The van der Waals surface area contributed by atoms with Crippen LogP contribution in [0.15, 0.2) is 53.0 Å². The Morgan fingerprint density at radius 3 is 2.39 bits per heavy atom. The predicted octanol–water partition coefficient (Wildman–Crippen LogP) is 3.27. The molecule has 18 heavy (non-hydrogen) atoms. The van der Waals surface area contributed by atoms with Crippen molar-refractivity contribution in [1.29, 1.82) is 0 Å². The van der Waals surface area contributed by atoms with Gasteiger partial charge in [0.25, 0.3) is 0 Å². The van der Waals surface area contributed by atoms with Crippen LogP contribution in [0.4, 0.5) is 0 Å². The van der Waals surface area contributed by atoms with Gasteiger partial charge in [0.1, 0.15) is 24.2 Å². The van der Waals surface area contributed by atoms with E-state index in [1.54, 1.807) is 12.1 Å². The molecule has 3 nitrogen and oxygen atoms in total. The van der Waals surface area contributed by atoms with Gasteiger partial charge in [-0.25, -0.2) is 0 Å². The SMILES string of the molecule is Oc1ccc(C(O)COc2ccccc2Br)cc1. The smallest absolute Gasteiger partial charge is 0.133 e. The van der Waals surface area contributed by atoms with Gasteiger partial charge in [-0.05, 0) is 45.8 Å². The second-order valence-electron chi connectivity index (χ2n) is 3.85. The van der Waals surface area contributed by atoms with Gasteiger partial charge in [0.05, 0.1) is 4.47 Å². The molecule has 0 saturated carbocycles. The van der Waals surface area contributed by atoms with Crippen molar-refractivity contribution in [3.05, 3.63) is 58.6 Å². The first-order valence-electron chi connectivity index (χ1n) is 5.51. The molecule has 0 aliphatic heterocycles. The summed E-state index contributed by atoms with van der Waals surface area (Å²) < 4.78 is 6.37. The molecular formula is C14H13BrO3. The average Bonchev–Trinajstić information content (AvgIpc) is 2.38. The van der Waals surface area contributed by atoms with Crippen LogP contribution in [-0.2, 0) is 0 Å². The molecule has 0 fully saturated rings. The molecular weight excluding hydrogens is 296 g/mol. The Kier molecular flexibility index (Phi) is 4.23. The van der Waals surface area contributed by atoms with Crippen molar-refractivity contribution < 1.29 is 14.9 Å². The highest BCUT2D eigenvalue weighted by Crippen LogP contribution is 2.25. The minimum absolute atomic E-state index is 0.160. The fourth-order valence-corrected chi connectivity index (χ4v) is 1.92. The Labute approximate surface area is 114 Å². The number of phenols is 1. The summed E-state index contributed by atoms with van der Waals surface area (Å²) in [7, 11) is 0. The molecule has 94 valence electrons. The number of aliphatic hydroxyl groups excluding tert-OH is 1. The van der Waals surface area contributed by atoms with Crippen LogP contribution in [0.1, 0.15) is 11.7 Å². The minimum Gasteiger partial charge on any atom is -0.508 e. The Morgan fingerprint density at radius 2 is 1.72 bits per heavy atom. The molecule has 0 amide bonds. The maximum atomic E-state index is 9.94. The van der Waals surface area contributed by atoms with Crippen LogP contribution < -0.4 is 4.74 Å². The quantitative estimate of drug-likeness (QED) is 0.911. The van der Waals surface area contributed by atoms with E-state index in [-0.39, 0.29) is 12.4 Å². The summed E-state index contributed by atoms with van der Waals surface area (Å²) in [6, 6.07) is 13.9. The topological polar surface area (TPSA) is 49.7 Å². The largest absolute Gasteiger partial charge is 0.508 e. The highest BCUT2D eigenvalue weighted by atomic mass is 79.9. The first kappa shape index (κ1) is 12.9. The number of benzene rings is 2. The maximum absolute atomic E-state index is 9.94. The Bertz CT molecular complexity index is 511. The lowest BCUT2D eigenvalue weighted by Gasteiger charge is -2.13. The van der Waals surface area contributed by atoms with E-state index in [1.807, 2.05) is 24.3 Å². The van der Waals surface area contributed by atoms with Crippen LogP contribution >= 0.6 is 15.9 Å². The fourth-order valence-electron chi connectivity index (χ4n) is 1.52. The van der Waals surface area contributed by atoms with E-state index >= 15 is 0 Å². The zero-order chi connectivity index (χ0) is 13.0. The van der Waals surface area contributed by atoms with Crippen molar-refractivity contribution in [1.82, 2.24) is 0 Å². The number of rotatable bonds is 4. The summed E-state index contributed by atoms with van der Waals surface area (Å²) in [5.74, 6) is 0.869. The van der Waals surface area contributed by atoms with Gasteiger partial charge in [0, 0.05) is 0 Å². The number of para-hydroxylation sites is 1. The molecule has 0 spiro atoms. The molecule has 1 atom stereocenters. The highest BCUT2D eigenvalue weighted by Gasteiger charge is 2.09. The van der Waals surface area contributed by atoms with Crippen molar-refractivity contribution >= 4 is 15.9 Å². The van der Waals surface area contributed by atoms with Crippen LogP contribution in [0.2, 0.25) is 0 Å². The number of aromatic hydroxyl groups is 1. The zero-order valence-electron chi connectivity index (χ0n) is 9.58. The van der Waals surface area contributed by atoms with Gasteiger partial charge in [0.15, 0.2) is 0 Å². The van der Waals surface area contributed by atoms with Gasteiger partial charge in [0.2, 0.25) is 0 Å². The average molecular weight is 309 g/mol. The Hall–Kier alpha value is -1.52. The normalized spacial score (nSPS) is 12.1. The molecule has 0 heterocycles. The first-order valence-corrected chi connectivity index (χ1v) is 6.30. The summed E-state index contributed by atoms with van der Waals surface area (Å²) in [4.78, 5) is 0. The number of halogens is 1. The minimum atomic E-state index is -0.724. The van der Waals surface area contributed by atoms with Gasteiger partial charge in [-0.15, -0.1) is 0 Å². The molecule has 0 aliphatic rings. The second-order valence-corrected chi connectivity index (χ2v) is 4.70. The molecule has 2 rings (SSSR count). The standard InChI is InChI=1S/C14H13BrO3/c15-12-3-1-2-4-14(12)18-9-13(17)10-5-7-11(16)8-6-10/h1-8,13,16-17H,9H2. The molecule has 0 bridgehead atoms. The van der Waals surface area contributed by atoms with Crippen LogP contribution in [0.5, 0.6) is 11.5 Å². The lowest BCUT2D eigenvalue weighted by molar-refractivity contribution is 0.108. The summed E-state index contributed by atoms with van der Waals surface area (Å²) >= 11 is 3.37. The van der Waals surface area contributed by atoms with Gasteiger partial charge in [-0.1, -0.05) is 24.3 Å². The lowest BCUT2D eigenvalue weighted by atomic mass is 10.1. The third-order valence-corrected chi connectivity index (χ3v) is 3.17. The van der Waals surface area contributed by atoms with Gasteiger partial charge < -0.3 is 14.9 Å². The molecule has 2 aromatic carbocycles. The van der Waals surface area contributed by atoms with Gasteiger partial charge in [-0.2, -0.15) is 0 Å². The van der Waals surface area contributed by atoms with E-state index < -0.39 is 6.10 Å². The van der Waals surface area contributed by atoms with Crippen molar-refractivity contribution in [3.63, 3.8) is 0 Å². The molecule has 2 aromatic rings. The molecule has 0 radical (unpaired) electrons. The zero-order valence-corrected chi connectivity index (χ0v) is 11.2. The lowest BCUT2D eigenvalue weighted by Crippen LogP contribution is -2.09. The molecule has 1 unspecified atom stereocenters. The summed E-state index contributed by atoms with van der Waals surface area (Å²) in [5.41, 5.74) is 0.708. The Morgan fingerprint density at radius 1 is 1.06 bits per heavy atom. The monoisotopic (exact) mass is 308 g/mol. The number of aliphatic hydroxyl groups is 1. The molecule has 0 aliphatic carbocycles. The van der Waals surface area contributed by atoms with Crippen molar-refractivity contribution in [2.45, 2.75) is 6.10 Å². The summed E-state index contributed by atoms with van der Waals surface area (Å²) in [5, 5.41) is 19.1. The maximum Gasteiger partial charge on any atom is 0.133 e. The third-order valence-electron chi connectivity index (χ3n) is 2.51. The van der Waals surface area contributed by atoms with Crippen LogP contribution in [0, 0.1) is 0 Å². The third kappa shape index (κ3) is 3.24. The molecule has 0 saturated heterocycles. The predicted molar refractivity (Wildman–Crippen MR) is 72.7 cm³/mol. The van der Waals surface area contributed by atoms with Crippen molar-refractivity contribution in [2.24, 2.45) is 0 Å². The first-order chi connectivity index (χ1) is 8.66. The molecule has 0 aromatic heterocycles. The van der Waals surface area contributed by atoms with E-state index in [4.69, 9.17) is 9.84 Å². The van der Waals surface area contributed by atoms with Crippen molar-refractivity contribution in [3.8, 4) is 11.5 Å². The van der Waals surface area contributed by atoms with Gasteiger partial charge >= 0.3 is 0 Å². The highest BCUT2D eigenvalue weighted by molar-refractivity contribution is 9.10. The van der Waals surface area contributed by atoms with Crippen LogP contribution in [-0.4, -0.2) is 16.8 Å². The number of ether oxygens (including phenoxy) is 1. The van der Waals surface area contributed by atoms with Gasteiger partial charge in [-0.3, -0.25) is 0 Å². The van der Waals surface area contributed by atoms with E-state index in [9.17, 15) is 5.11 Å². The number of phenolic OH excluding ortho intramolecular Hbond substituents is 1. The molecule has 2 N–H and O–H groups in total. The second kappa shape index (κ2) is 5.89. The molecule has 4 heteroatoms. The van der Waals surface area contributed by atoms with Crippen LogP contribution in [0.3, 0.4) is 0 Å².